The fourth-order valence-electron chi connectivity index (χ4n) is 2.74. The summed E-state index contributed by atoms with van der Waals surface area (Å²) in [4.78, 5) is 25.1. The highest BCUT2D eigenvalue weighted by atomic mass is 19.1. The van der Waals surface area contributed by atoms with E-state index in [4.69, 9.17) is 0 Å². The molecular weight excluding hydrogens is 321 g/mol. The summed E-state index contributed by atoms with van der Waals surface area (Å²) in [5.41, 5.74) is 1.34. The molecule has 1 aliphatic rings. The van der Waals surface area contributed by atoms with Gasteiger partial charge in [-0.3, -0.25) is 4.79 Å². The molecule has 2 heterocycles. The zero-order chi connectivity index (χ0) is 17.6. The van der Waals surface area contributed by atoms with E-state index in [1.54, 1.807) is 18.2 Å². The first-order valence-corrected chi connectivity index (χ1v) is 8.40. The first-order valence-electron chi connectivity index (χ1n) is 8.40. The normalized spacial score (nSPS) is 15.2. The SMILES string of the molecule is CN1CCN(c2cc(C(=O)NCCc3ccc(F)cc3)ncn2)CC1. The summed E-state index contributed by atoms with van der Waals surface area (Å²) in [5, 5.41) is 2.85. The molecule has 2 aromatic rings. The molecule has 0 bridgehead atoms. The van der Waals surface area contributed by atoms with Crippen LogP contribution in [0.25, 0.3) is 0 Å². The molecule has 1 saturated heterocycles. The second kappa shape index (κ2) is 8.02. The van der Waals surface area contributed by atoms with Crippen molar-refractivity contribution in [3.8, 4) is 0 Å². The van der Waals surface area contributed by atoms with Gasteiger partial charge in [-0.05, 0) is 31.2 Å². The van der Waals surface area contributed by atoms with Crippen LogP contribution in [0.1, 0.15) is 16.1 Å². The summed E-state index contributed by atoms with van der Waals surface area (Å²) in [5.74, 6) is 0.303. The fourth-order valence-corrected chi connectivity index (χ4v) is 2.74. The molecule has 25 heavy (non-hydrogen) atoms. The van der Waals surface area contributed by atoms with E-state index in [2.05, 4.69) is 32.1 Å². The Morgan fingerprint density at radius 2 is 1.88 bits per heavy atom. The Bertz CT molecular complexity index is 714. The van der Waals surface area contributed by atoms with Crippen molar-refractivity contribution in [3.63, 3.8) is 0 Å². The third-order valence-electron chi connectivity index (χ3n) is 4.33. The smallest absolute Gasteiger partial charge is 0.270 e. The molecule has 1 N–H and O–H groups in total. The second-order valence-electron chi connectivity index (χ2n) is 6.18. The number of halogens is 1. The molecule has 0 aliphatic carbocycles. The van der Waals surface area contributed by atoms with Crippen LogP contribution in [-0.2, 0) is 6.42 Å². The highest BCUT2D eigenvalue weighted by Gasteiger charge is 2.17. The monoisotopic (exact) mass is 343 g/mol. The summed E-state index contributed by atoms with van der Waals surface area (Å²) in [6, 6.07) is 8.02. The molecule has 1 amide bonds. The van der Waals surface area contributed by atoms with E-state index in [0.29, 0.717) is 18.7 Å². The van der Waals surface area contributed by atoms with Crippen LogP contribution in [0, 0.1) is 5.82 Å². The topological polar surface area (TPSA) is 61.4 Å². The summed E-state index contributed by atoms with van der Waals surface area (Å²) in [7, 11) is 2.09. The van der Waals surface area contributed by atoms with E-state index in [0.717, 1.165) is 37.6 Å². The molecular formula is C18H22FN5O. The second-order valence-corrected chi connectivity index (χ2v) is 6.18. The third-order valence-corrected chi connectivity index (χ3v) is 4.33. The highest BCUT2D eigenvalue weighted by molar-refractivity contribution is 5.92. The van der Waals surface area contributed by atoms with Crippen molar-refractivity contribution in [3.05, 3.63) is 53.7 Å². The molecule has 1 aromatic heterocycles. The average molecular weight is 343 g/mol. The molecule has 132 valence electrons. The molecule has 1 aromatic carbocycles. The standard InChI is InChI=1S/C18H22FN5O/c1-23-8-10-24(11-9-23)17-12-16(21-13-22-17)18(25)20-7-6-14-2-4-15(19)5-3-14/h2-5,12-13H,6-11H2,1H3,(H,20,25). The Balaban J connectivity index is 1.55. The van der Waals surface area contributed by atoms with E-state index in [1.807, 2.05) is 0 Å². The predicted octanol–water partition coefficient (Wildman–Crippen LogP) is 1.34. The summed E-state index contributed by atoms with van der Waals surface area (Å²) in [6.45, 7) is 4.20. The number of hydrogen-bond donors (Lipinski definition) is 1. The van der Waals surface area contributed by atoms with Crippen molar-refractivity contribution in [2.24, 2.45) is 0 Å². The van der Waals surface area contributed by atoms with Crippen LogP contribution in [0.4, 0.5) is 10.2 Å². The quantitative estimate of drug-likeness (QED) is 0.888. The zero-order valence-corrected chi connectivity index (χ0v) is 14.3. The van der Waals surface area contributed by atoms with Crippen molar-refractivity contribution in [1.29, 1.82) is 0 Å². The molecule has 0 unspecified atom stereocenters. The van der Waals surface area contributed by atoms with Crippen LogP contribution in [0.15, 0.2) is 36.7 Å². The molecule has 0 radical (unpaired) electrons. The first-order chi connectivity index (χ1) is 12.1. The van der Waals surface area contributed by atoms with Crippen LogP contribution < -0.4 is 10.2 Å². The number of piperazine rings is 1. The summed E-state index contributed by atoms with van der Waals surface area (Å²) < 4.78 is 12.9. The van der Waals surface area contributed by atoms with Gasteiger partial charge in [0.15, 0.2) is 0 Å². The Labute approximate surface area is 146 Å². The largest absolute Gasteiger partial charge is 0.354 e. The van der Waals surface area contributed by atoms with Gasteiger partial charge in [0.1, 0.15) is 23.7 Å². The molecule has 0 atom stereocenters. The van der Waals surface area contributed by atoms with E-state index in [1.165, 1.54) is 18.5 Å². The van der Waals surface area contributed by atoms with Crippen molar-refractivity contribution >= 4 is 11.7 Å². The first kappa shape index (κ1) is 17.3. The minimum atomic E-state index is -0.259. The Hall–Kier alpha value is -2.54. The van der Waals surface area contributed by atoms with Gasteiger partial charge in [-0.1, -0.05) is 12.1 Å². The van der Waals surface area contributed by atoms with Gasteiger partial charge < -0.3 is 15.1 Å². The van der Waals surface area contributed by atoms with Crippen LogP contribution >= 0.6 is 0 Å². The summed E-state index contributed by atoms with van der Waals surface area (Å²) >= 11 is 0. The Kier molecular flexibility index (Phi) is 5.55. The Morgan fingerprint density at radius 3 is 2.60 bits per heavy atom. The van der Waals surface area contributed by atoms with E-state index in [9.17, 15) is 9.18 Å². The minimum Gasteiger partial charge on any atom is -0.354 e. The molecule has 1 fully saturated rings. The van der Waals surface area contributed by atoms with Crippen LogP contribution in [0.5, 0.6) is 0 Å². The van der Waals surface area contributed by atoms with Crippen LogP contribution in [-0.4, -0.2) is 60.5 Å². The molecule has 7 heteroatoms. The van der Waals surface area contributed by atoms with Crippen LogP contribution in [0.2, 0.25) is 0 Å². The molecule has 3 rings (SSSR count). The summed E-state index contributed by atoms with van der Waals surface area (Å²) in [6.07, 6.45) is 2.07. The maximum Gasteiger partial charge on any atom is 0.270 e. The molecule has 0 saturated carbocycles. The van der Waals surface area contributed by atoms with Crippen molar-refractivity contribution < 1.29 is 9.18 Å². The van der Waals surface area contributed by atoms with Gasteiger partial charge in [-0.2, -0.15) is 0 Å². The van der Waals surface area contributed by atoms with Gasteiger partial charge >= 0.3 is 0 Å². The number of nitrogens with one attached hydrogen (secondary N) is 1. The van der Waals surface area contributed by atoms with Crippen molar-refractivity contribution in [2.45, 2.75) is 6.42 Å². The lowest BCUT2D eigenvalue weighted by atomic mass is 10.1. The number of anilines is 1. The number of rotatable bonds is 5. The van der Waals surface area contributed by atoms with E-state index >= 15 is 0 Å². The number of hydrogen-bond acceptors (Lipinski definition) is 5. The van der Waals surface area contributed by atoms with Gasteiger partial charge in [0.05, 0.1) is 0 Å². The predicted molar refractivity (Wildman–Crippen MR) is 94.2 cm³/mol. The Morgan fingerprint density at radius 1 is 1.16 bits per heavy atom. The third kappa shape index (κ3) is 4.73. The number of amides is 1. The van der Waals surface area contributed by atoms with Crippen molar-refractivity contribution in [2.75, 3.05) is 44.7 Å². The lowest BCUT2D eigenvalue weighted by molar-refractivity contribution is 0.0949. The number of likely N-dealkylation sites (N-methyl/N-ethyl adjacent to an activating group) is 1. The average Bonchev–Trinajstić information content (AvgIpc) is 2.64. The molecule has 0 spiro atoms. The number of nitrogens with zero attached hydrogens (tertiary/aromatic N) is 4. The lowest BCUT2D eigenvalue weighted by Gasteiger charge is -2.33. The zero-order valence-electron chi connectivity index (χ0n) is 14.3. The van der Waals surface area contributed by atoms with Gasteiger partial charge in [0.25, 0.3) is 5.91 Å². The number of aromatic nitrogens is 2. The number of benzene rings is 1. The van der Waals surface area contributed by atoms with Gasteiger partial charge in [0, 0.05) is 38.8 Å². The van der Waals surface area contributed by atoms with Crippen molar-refractivity contribution in [1.82, 2.24) is 20.2 Å². The number of carbonyl (C=O) groups is 1. The van der Waals surface area contributed by atoms with Crippen LogP contribution in [0.3, 0.4) is 0 Å². The molecule has 6 nitrogen and oxygen atoms in total. The maximum atomic E-state index is 12.9. The lowest BCUT2D eigenvalue weighted by Crippen LogP contribution is -2.45. The highest BCUT2D eigenvalue weighted by Crippen LogP contribution is 2.13. The maximum absolute atomic E-state index is 12.9. The molecule has 1 aliphatic heterocycles. The van der Waals surface area contributed by atoms with Gasteiger partial charge in [-0.25, -0.2) is 14.4 Å². The minimum absolute atomic E-state index is 0.222. The number of carbonyl (C=O) groups excluding carboxylic acids is 1. The van der Waals surface area contributed by atoms with E-state index in [-0.39, 0.29) is 11.7 Å². The van der Waals surface area contributed by atoms with Gasteiger partial charge in [0.2, 0.25) is 0 Å². The van der Waals surface area contributed by atoms with E-state index < -0.39 is 0 Å². The van der Waals surface area contributed by atoms with Gasteiger partial charge in [-0.15, -0.1) is 0 Å². The fraction of sp³-hybridized carbons (Fsp3) is 0.389.